The molecule has 1 aliphatic carbocycles. The average molecular weight is 401 g/mol. The number of aromatic nitrogens is 4. The number of anilines is 1. The average Bonchev–Trinajstić information content (AvgIpc) is 3.25. The Balaban J connectivity index is 1.52. The van der Waals surface area contributed by atoms with Crippen molar-refractivity contribution in [1.82, 2.24) is 19.5 Å². The van der Waals surface area contributed by atoms with E-state index >= 15 is 0 Å². The second kappa shape index (κ2) is 7.06. The van der Waals surface area contributed by atoms with Crippen molar-refractivity contribution in [3.63, 3.8) is 0 Å². The van der Waals surface area contributed by atoms with Crippen LogP contribution in [0.3, 0.4) is 0 Å². The Morgan fingerprint density at radius 2 is 2.04 bits per heavy atom. The van der Waals surface area contributed by atoms with Crippen LogP contribution in [0.15, 0.2) is 12.7 Å². The highest BCUT2D eigenvalue weighted by atomic mass is 31.2. The molecule has 0 aromatic carbocycles. The maximum Gasteiger partial charge on any atom is 0.350 e. The van der Waals surface area contributed by atoms with Crippen molar-refractivity contribution in [2.45, 2.75) is 43.4 Å². The predicted molar refractivity (Wildman–Crippen MR) is 90.8 cm³/mol. The van der Waals surface area contributed by atoms with E-state index in [0.717, 1.165) is 12.8 Å². The predicted octanol–water partition coefficient (Wildman–Crippen LogP) is -0.828. The summed E-state index contributed by atoms with van der Waals surface area (Å²) in [7, 11) is -4.33. The van der Waals surface area contributed by atoms with Gasteiger partial charge in [0.05, 0.1) is 12.9 Å². The fraction of sp³-hybridized carbons (Fsp3) is 0.643. The molecule has 2 fully saturated rings. The quantitative estimate of drug-likeness (QED) is 0.367. The number of aliphatic hydroxyl groups excluding tert-OH is 2. The lowest BCUT2D eigenvalue weighted by Crippen LogP contribution is -2.33. The molecule has 2 aromatic rings. The van der Waals surface area contributed by atoms with Gasteiger partial charge in [-0.3, -0.25) is 9.13 Å². The van der Waals surface area contributed by atoms with E-state index in [1.54, 1.807) is 0 Å². The van der Waals surface area contributed by atoms with Crippen LogP contribution in [0.2, 0.25) is 0 Å². The number of rotatable bonds is 7. The first-order valence-electron chi connectivity index (χ1n) is 8.41. The van der Waals surface area contributed by atoms with E-state index in [2.05, 4.69) is 20.3 Å². The zero-order valence-corrected chi connectivity index (χ0v) is 15.0. The van der Waals surface area contributed by atoms with E-state index in [0.29, 0.717) is 23.0 Å². The second-order valence-corrected chi connectivity index (χ2v) is 8.26. The first-order chi connectivity index (χ1) is 12.8. The van der Waals surface area contributed by atoms with Crippen LogP contribution in [0, 0.1) is 0 Å². The van der Waals surface area contributed by atoms with Crippen LogP contribution >= 0.6 is 7.60 Å². The molecular weight excluding hydrogens is 381 g/mol. The summed E-state index contributed by atoms with van der Waals surface area (Å²) in [6, 6.07) is 0.374. The highest BCUT2D eigenvalue weighted by Crippen LogP contribution is 2.36. The molecule has 2 aromatic heterocycles. The van der Waals surface area contributed by atoms with E-state index < -0.39 is 38.5 Å². The third-order valence-corrected chi connectivity index (χ3v) is 4.95. The normalized spacial score (nSPS) is 28.7. The fourth-order valence-corrected chi connectivity index (χ4v) is 3.29. The van der Waals surface area contributed by atoms with Gasteiger partial charge in [-0.1, -0.05) is 0 Å². The molecule has 5 N–H and O–H groups in total. The minimum Gasteiger partial charge on any atom is -0.387 e. The zero-order valence-electron chi connectivity index (χ0n) is 14.1. The minimum atomic E-state index is -4.33. The van der Waals surface area contributed by atoms with Crippen molar-refractivity contribution in [2.75, 3.05) is 18.3 Å². The van der Waals surface area contributed by atoms with Gasteiger partial charge in [0.25, 0.3) is 0 Å². The Bertz CT molecular complexity index is 869. The summed E-state index contributed by atoms with van der Waals surface area (Å²) in [5.41, 5.74) is 0.956. The van der Waals surface area contributed by atoms with Crippen LogP contribution in [-0.2, 0) is 14.0 Å². The summed E-state index contributed by atoms with van der Waals surface area (Å²) in [5.74, 6) is 0.593. The molecule has 0 amide bonds. The summed E-state index contributed by atoms with van der Waals surface area (Å²) < 4.78 is 22.9. The Kier molecular flexibility index (Phi) is 4.89. The number of hydrogen-bond acceptors (Lipinski definition) is 9. The molecule has 3 heterocycles. The third kappa shape index (κ3) is 3.97. The van der Waals surface area contributed by atoms with Gasteiger partial charge in [-0.15, -0.1) is 0 Å². The minimum absolute atomic E-state index is 0.282. The van der Waals surface area contributed by atoms with Crippen LogP contribution in [0.1, 0.15) is 19.1 Å². The Morgan fingerprint density at radius 1 is 1.26 bits per heavy atom. The smallest absolute Gasteiger partial charge is 0.350 e. The highest BCUT2D eigenvalue weighted by molar-refractivity contribution is 7.51. The Hall–Kier alpha value is -1.66. The van der Waals surface area contributed by atoms with Gasteiger partial charge in [0.1, 0.15) is 31.0 Å². The summed E-state index contributed by atoms with van der Waals surface area (Å²) in [5, 5.41) is 23.8. The molecule has 0 unspecified atom stereocenters. The van der Waals surface area contributed by atoms with Crippen molar-refractivity contribution in [1.29, 1.82) is 0 Å². The standard InChI is InChI=1S/C14H20N5O7P/c20-10-8(3-25-6-27(22,23)24)26-14(11(10)21)19-5-17-9-12(18-7-1-2-7)15-4-16-13(9)19/h4-5,7-8,10-11,14,20-21H,1-3,6H2,(H,15,16,18)(H2,22,23,24)/t8-,10-,11-,14-/m1/s1. The van der Waals surface area contributed by atoms with E-state index in [-0.39, 0.29) is 6.61 Å². The van der Waals surface area contributed by atoms with Crippen LogP contribution in [0.25, 0.3) is 11.2 Å². The van der Waals surface area contributed by atoms with Crippen molar-refractivity contribution < 1.29 is 34.0 Å². The molecule has 0 radical (unpaired) electrons. The van der Waals surface area contributed by atoms with E-state index in [1.807, 2.05) is 0 Å². The molecule has 0 spiro atoms. The molecular formula is C14H20N5O7P. The molecule has 2 aliphatic rings. The summed E-state index contributed by atoms with van der Waals surface area (Å²) in [6.45, 7) is -0.282. The Morgan fingerprint density at radius 3 is 2.74 bits per heavy atom. The number of fused-ring (bicyclic) bond motifs is 1. The number of aliphatic hydroxyl groups is 2. The van der Waals surface area contributed by atoms with Gasteiger partial charge in [-0.05, 0) is 12.8 Å². The van der Waals surface area contributed by atoms with Gasteiger partial charge in [-0.25, -0.2) is 15.0 Å². The molecule has 1 saturated heterocycles. The molecule has 148 valence electrons. The number of nitrogens with zero attached hydrogens (tertiary/aromatic N) is 4. The van der Waals surface area contributed by atoms with E-state index in [4.69, 9.17) is 19.3 Å². The maximum absolute atomic E-state index is 10.8. The highest BCUT2D eigenvalue weighted by Gasteiger charge is 2.44. The summed E-state index contributed by atoms with van der Waals surface area (Å²) in [6.07, 6.45) is -0.357. The van der Waals surface area contributed by atoms with Crippen molar-refractivity contribution in [3.8, 4) is 0 Å². The first kappa shape index (κ1) is 18.7. The lowest BCUT2D eigenvalue weighted by atomic mass is 10.1. The van der Waals surface area contributed by atoms with E-state index in [1.165, 1.54) is 17.2 Å². The molecule has 4 atom stereocenters. The SMILES string of the molecule is O=P(O)(O)COC[C@H]1O[C@@H](n2cnc3c(NC4CC4)ncnc32)[C@H](O)[C@@H]1O. The summed E-state index contributed by atoms with van der Waals surface area (Å²) >= 11 is 0. The monoisotopic (exact) mass is 401 g/mol. The van der Waals surface area contributed by atoms with Crippen LogP contribution in [0.4, 0.5) is 5.82 Å². The third-order valence-electron chi connectivity index (χ3n) is 4.43. The van der Waals surface area contributed by atoms with Gasteiger partial charge in [-0.2, -0.15) is 0 Å². The largest absolute Gasteiger partial charge is 0.387 e. The van der Waals surface area contributed by atoms with Crippen molar-refractivity contribution in [2.24, 2.45) is 0 Å². The van der Waals surface area contributed by atoms with Crippen molar-refractivity contribution in [3.05, 3.63) is 12.7 Å². The van der Waals surface area contributed by atoms with Gasteiger partial charge in [0.15, 0.2) is 23.2 Å². The molecule has 0 bridgehead atoms. The second-order valence-electron chi connectivity index (χ2n) is 6.68. The topological polar surface area (TPSA) is 172 Å². The molecule has 13 heteroatoms. The molecule has 4 rings (SSSR count). The molecule has 12 nitrogen and oxygen atoms in total. The molecule has 27 heavy (non-hydrogen) atoms. The van der Waals surface area contributed by atoms with Gasteiger partial charge < -0.3 is 34.8 Å². The van der Waals surface area contributed by atoms with Gasteiger partial charge in [0, 0.05) is 6.04 Å². The van der Waals surface area contributed by atoms with Crippen LogP contribution in [0.5, 0.6) is 0 Å². The lowest BCUT2D eigenvalue weighted by molar-refractivity contribution is -0.0612. The zero-order chi connectivity index (χ0) is 19.2. The first-order valence-corrected chi connectivity index (χ1v) is 10.2. The van der Waals surface area contributed by atoms with Crippen LogP contribution in [-0.4, -0.2) is 76.8 Å². The Labute approximate surface area is 153 Å². The van der Waals surface area contributed by atoms with Crippen molar-refractivity contribution >= 4 is 24.6 Å². The lowest BCUT2D eigenvalue weighted by Gasteiger charge is -2.16. The number of ether oxygens (including phenoxy) is 2. The number of imidazole rings is 1. The number of nitrogens with one attached hydrogen (secondary N) is 1. The van der Waals surface area contributed by atoms with Gasteiger partial charge >= 0.3 is 7.60 Å². The van der Waals surface area contributed by atoms with Crippen LogP contribution < -0.4 is 5.32 Å². The maximum atomic E-state index is 10.8. The van der Waals surface area contributed by atoms with Gasteiger partial charge in [0.2, 0.25) is 0 Å². The summed E-state index contributed by atoms with van der Waals surface area (Å²) in [4.78, 5) is 30.3. The van der Waals surface area contributed by atoms with E-state index in [9.17, 15) is 14.8 Å². The molecule has 1 saturated carbocycles. The fourth-order valence-electron chi connectivity index (χ4n) is 2.95. The number of hydrogen-bond donors (Lipinski definition) is 5. The molecule has 1 aliphatic heterocycles.